The van der Waals surface area contributed by atoms with Crippen molar-refractivity contribution in [2.45, 2.75) is 72.6 Å². The van der Waals surface area contributed by atoms with Crippen molar-refractivity contribution in [3.8, 4) is 0 Å². The molecule has 0 aromatic carbocycles. The Balaban J connectivity index is 2.48. The van der Waals surface area contributed by atoms with Gasteiger partial charge in [-0.2, -0.15) is 0 Å². The smallest absolute Gasteiger partial charge is 0.0358 e. The van der Waals surface area contributed by atoms with E-state index in [0.29, 0.717) is 0 Å². The lowest BCUT2D eigenvalue weighted by atomic mass is 9.75. The van der Waals surface area contributed by atoms with E-state index in [1.165, 1.54) is 44.9 Å². The minimum Gasteiger partial charge on any atom is -0.0654 e. The van der Waals surface area contributed by atoms with E-state index in [-0.39, 0.29) is 0 Å². The van der Waals surface area contributed by atoms with Crippen molar-refractivity contribution in [2.75, 3.05) is 0 Å². The van der Waals surface area contributed by atoms with Gasteiger partial charge in [-0.05, 0) is 36.5 Å². The third-order valence-corrected chi connectivity index (χ3v) is 4.57. The lowest BCUT2D eigenvalue weighted by Crippen LogP contribution is -2.22. The minimum atomic E-state index is 0.974. The molecule has 0 heteroatoms. The molecule has 0 radical (unpaired) electrons. The van der Waals surface area contributed by atoms with Crippen molar-refractivity contribution in [2.24, 2.45) is 23.7 Å². The Morgan fingerprint density at radius 3 is 1.60 bits per heavy atom. The lowest BCUT2D eigenvalue weighted by Gasteiger charge is -2.30. The molecule has 0 aliphatic heterocycles. The third kappa shape index (κ3) is 3.50. The maximum atomic E-state index is 2.49. The average molecular weight is 210 g/mol. The van der Waals surface area contributed by atoms with E-state index in [1.807, 2.05) is 0 Å². The zero-order valence-corrected chi connectivity index (χ0v) is 11.3. The first-order valence-electron chi connectivity index (χ1n) is 7.20. The van der Waals surface area contributed by atoms with Crippen molar-refractivity contribution in [3.05, 3.63) is 0 Å². The second kappa shape index (κ2) is 6.55. The first-order chi connectivity index (χ1) is 7.20. The predicted octanol–water partition coefficient (Wildman–Crippen LogP) is 5.28. The van der Waals surface area contributed by atoms with E-state index in [2.05, 4.69) is 27.7 Å². The molecular weight excluding hydrogens is 180 g/mol. The Morgan fingerprint density at radius 2 is 1.27 bits per heavy atom. The van der Waals surface area contributed by atoms with E-state index in [1.54, 1.807) is 0 Å². The molecule has 0 nitrogen and oxygen atoms in total. The summed E-state index contributed by atoms with van der Waals surface area (Å²) in [4.78, 5) is 0. The van der Waals surface area contributed by atoms with Crippen LogP contribution in [0, 0.1) is 23.7 Å². The zero-order valence-electron chi connectivity index (χ0n) is 11.3. The Hall–Kier alpha value is 0. The van der Waals surface area contributed by atoms with Crippen molar-refractivity contribution in [3.63, 3.8) is 0 Å². The van der Waals surface area contributed by atoms with E-state index >= 15 is 0 Å². The molecule has 0 aromatic rings. The highest BCUT2D eigenvalue weighted by atomic mass is 14.4. The monoisotopic (exact) mass is 210 g/mol. The average Bonchev–Trinajstić information content (AvgIpc) is 2.66. The molecule has 1 aliphatic rings. The highest BCUT2D eigenvalue weighted by Crippen LogP contribution is 2.43. The second-order valence-electron chi connectivity index (χ2n) is 5.79. The van der Waals surface area contributed by atoms with Gasteiger partial charge in [-0.15, -0.1) is 0 Å². The molecule has 0 saturated heterocycles. The van der Waals surface area contributed by atoms with E-state index in [9.17, 15) is 0 Å². The van der Waals surface area contributed by atoms with Gasteiger partial charge < -0.3 is 0 Å². The highest BCUT2D eigenvalue weighted by Gasteiger charge is 2.33. The molecule has 0 spiro atoms. The highest BCUT2D eigenvalue weighted by molar-refractivity contribution is 4.83. The normalized spacial score (nSPS) is 30.4. The fourth-order valence-corrected chi connectivity index (χ4v) is 3.77. The Kier molecular flexibility index (Phi) is 5.71. The standard InChI is InChI=1S/C15H30/c1-5-8-12(3)14-10-7-11-15(14)13(4)9-6-2/h12-15H,5-11H2,1-4H3. The zero-order chi connectivity index (χ0) is 11.3. The summed E-state index contributed by atoms with van der Waals surface area (Å²) in [5.41, 5.74) is 0. The summed E-state index contributed by atoms with van der Waals surface area (Å²) in [5.74, 6) is 4.04. The van der Waals surface area contributed by atoms with Crippen LogP contribution in [-0.2, 0) is 0 Å². The maximum absolute atomic E-state index is 2.49. The first kappa shape index (κ1) is 13.1. The van der Waals surface area contributed by atoms with Crippen molar-refractivity contribution < 1.29 is 0 Å². The Bertz CT molecular complexity index is 143. The van der Waals surface area contributed by atoms with Crippen LogP contribution in [0.15, 0.2) is 0 Å². The largest absolute Gasteiger partial charge is 0.0654 e. The molecular formula is C15H30. The van der Waals surface area contributed by atoms with Crippen LogP contribution in [0.4, 0.5) is 0 Å². The summed E-state index contributed by atoms with van der Waals surface area (Å²) in [5, 5.41) is 0. The molecule has 4 unspecified atom stereocenters. The van der Waals surface area contributed by atoms with Crippen LogP contribution in [0.3, 0.4) is 0 Å². The van der Waals surface area contributed by atoms with E-state index in [4.69, 9.17) is 0 Å². The summed E-state index contributed by atoms with van der Waals surface area (Å²) in [6, 6.07) is 0. The van der Waals surface area contributed by atoms with Gasteiger partial charge in [0, 0.05) is 0 Å². The van der Waals surface area contributed by atoms with Crippen LogP contribution in [0.25, 0.3) is 0 Å². The Labute approximate surface area is 96.8 Å². The third-order valence-electron chi connectivity index (χ3n) is 4.57. The molecule has 0 bridgehead atoms. The number of hydrogen-bond acceptors (Lipinski definition) is 0. The molecule has 1 aliphatic carbocycles. The summed E-state index contributed by atoms with van der Waals surface area (Å²) in [6.45, 7) is 9.64. The molecule has 0 aromatic heterocycles. The maximum Gasteiger partial charge on any atom is -0.0358 e. The van der Waals surface area contributed by atoms with Gasteiger partial charge in [-0.3, -0.25) is 0 Å². The van der Waals surface area contributed by atoms with Gasteiger partial charge in [0.05, 0.1) is 0 Å². The van der Waals surface area contributed by atoms with Crippen LogP contribution < -0.4 is 0 Å². The molecule has 0 amide bonds. The quantitative estimate of drug-likeness (QED) is 0.560. The lowest BCUT2D eigenvalue weighted by molar-refractivity contribution is 0.196. The van der Waals surface area contributed by atoms with Crippen molar-refractivity contribution >= 4 is 0 Å². The van der Waals surface area contributed by atoms with Gasteiger partial charge in [-0.1, -0.05) is 59.8 Å². The fourth-order valence-electron chi connectivity index (χ4n) is 3.77. The van der Waals surface area contributed by atoms with Crippen molar-refractivity contribution in [1.82, 2.24) is 0 Å². The summed E-state index contributed by atoms with van der Waals surface area (Å²) >= 11 is 0. The van der Waals surface area contributed by atoms with E-state index < -0.39 is 0 Å². The molecule has 1 saturated carbocycles. The minimum absolute atomic E-state index is 0.974. The number of rotatable bonds is 6. The molecule has 1 rings (SSSR count). The SMILES string of the molecule is CCCC(C)C1CCCC1C(C)CCC. The summed E-state index contributed by atoms with van der Waals surface area (Å²) < 4.78 is 0. The van der Waals surface area contributed by atoms with Crippen LogP contribution in [0.5, 0.6) is 0 Å². The van der Waals surface area contributed by atoms with Crippen LogP contribution in [-0.4, -0.2) is 0 Å². The van der Waals surface area contributed by atoms with Gasteiger partial charge in [0.25, 0.3) is 0 Å². The molecule has 90 valence electrons. The first-order valence-corrected chi connectivity index (χ1v) is 7.20. The second-order valence-corrected chi connectivity index (χ2v) is 5.79. The molecule has 0 heterocycles. The summed E-state index contributed by atoms with van der Waals surface area (Å²) in [6.07, 6.45) is 10.1. The summed E-state index contributed by atoms with van der Waals surface area (Å²) in [7, 11) is 0. The van der Waals surface area contributed by atoms with Crippen LogP contribution in [0.2, 0.25) is 0 Å². The van der Waals surface area contributed by atoms with Crippen molar-refractivity contribution in [1.29, 1.82) is 0 Å². The van der Waals surface area contributed by atoms with E-state index in [0.717, 1.165) is 23.7 Å². The predicted molar refractivity (Wildman–Crippen MR) is 69.0 cm³/mol. The molecule has 1 fully saturated rings. The van der Waals surface area contributed by atoms with Gasteiger partial charge in [0.2, 0.25) is 0 Å². The Morgan fingerprint density at radius 1 is 0.867 bits per heavy atom. The number of hydrogen-bond donors (Lipinski definition) is 0. The molecule has 15 heavy (non-hydrogen) atoms. The van der Waals surface area contributed by atoms with Crippen LogP contribution in [0.1, 0.15) is 72.6 Å². The van der Waals surface area contributed by atoms with Gasteiger partial charge >= 0.3 is 0 Å². The molecule has 4 atom stereocenters. The molecule has 0 N–H and O–H groups in total. The fraction of sp³-hybridized carbons (Fsp3) is 1.00. The van der Waals surface area contributed by atoms with Gasteiger partial charge in [-0.25, -0.2) is 0 Å². The van der Waals surface area contributed by atoms with Crippen LogP contribution >= 0.6 is 0 Å². The van der Waals surface area contributed by atoms with Gasteiger partial charge in [0.1, 0.15) is 0 Å². The topological polar surface area (TPSA) is 0 Å². The van der Waals surface area contributed by atoms with Gasteiger partial charge in [0.15, 0.2) is 0 Å².